The van der Waals surface area contributed by atoms with Gasteiger partial charge in [0.25, 0.3) is 0 Å². The molecule has 0 aromatic carbocycles. The highest BCUT2D eigenvalue weighted by molar-refractivity contribution is 5.70. The Morgan fingerprint density at radius 3 is 2.53 bits per heavy atom. The molecule has 1 fully saturated rings. The minimum absolute atomic E-state index is 0.00981. The van der Waals surface area contributed by atoms with Crippen LogP contribution in [0, 0.1) is 11.8 Å². The molecule has 1 aliphatic rings. The standard InChI is InChI=1S/C16H31NO2/c1-6-19-15(18)12-16(17(4)5)10-7-8-14(9-11-16)13(2)3/h13-14H,6-12H2,1-5H3. The Kier molecular flexibility index (Phi) is 6.31. The van der Waals surface area contributed by atoms with Crippen molar-refractivity contribution in [2.24, 2.45) is 11.8 Å². The Bertz CT molecular complexity index is 288. The second-order valence-electron chi connectivity index (χ2n) is 6.54. The quantitative estimate of drug-likeness (QED) is 0.565. The smallest absolute Gasteiger partial charge is 0.307 e. The van der Waals surface area contributed by atoms with Crippen LogP contribution in [0.3, 0.4) is 0 Å². The van der Waals surface area contributed by atoms with Gasteiger partial charge in [0, 0.05) is 5.54 Å². The van der Waals surface area contributed by atoms with Crippen LogP contribution in [0.5, 0.6) is 0 Å². The molecule has 1 saturated carbocycles. The molecule has 3 nitrogen and oxygen atoms in total. The second kappa shape index (κ2) is 7.28. The van der Waals surface area contributed by atoms with Crippen LogP contribution < -0.4 is 0 Å². The molecule has 0 aromatic rings. The first-order valence-corrected chi connectivity index (χ1v) is 7.74. The molecule has 0 amide bonds. The van der Waals surface area contributed by atoms with Gasteiger partial charge in [-0.25, -0.2) is 0 Å². The minimum atomic E-state index is -0.0424. The van der Waals surface area contributed by atoms with Crippen LogP contribution in [0.1, 0.15) is 59.3 Å². The fourth-order valence-electron chi connectivity index (χ4n) is 3.35. The van der Waals surface area contributed by atoms with E-state index in [0.29, 0.717) is 13.0 Å². The number of hydrogen-bond acceptors (Lipinski definition) is 3. The average molecular weight is 269 g/mol. The molecule has 2 unspecified atom stereocenters. The van der Waals surface area contributed by atoms with Crippen LogP contribution >= 0.6 is 0 Å². The van der Waals surface area contributed by atoms with Crippen LogP contribution in [-0.4, -0.2) is 37.1 Å². The van der Waals surface area contributed by atoms with Gasteiger partial charge in [0.1, 0.15) is 0 Å². The van der Waals surface area contributed by atoms with Crippen molar-refractivity contribution in [2.45, 2.75) is 64.8 Å². The highest BCUT2D eigenvalue weighted by Gasteiger charge is 2.38. The van der Waals surface area contributed by atoms with Gasteiger partial charge >= 0.3 is 5.97 Å². The molecule has 1 aliphatic carbocycles. The van der Waals surface area contributed by atoms with E-state index in [0.717, 1.165) is 24.7 Å². The molecule has 3 heteroatoms. The summed E-state index contributed by atoms with van der Waals surface area (Å²) >= 11 is 0. The lowest BCUT2D eigenvalue weighted by molar-refractivity contribution is -0.146. The molecule has 2 atom stereocenters. The van der Waals surface area contributed by atoms with E-state index >= 15 is 0 Å². The van der Waals surface area contributed by atoms with Crippen molar-refractivity contribution < 1.29 is 9.53 Å². The number of carbonyl (C=O) groups excluding carboxylic acids is 1. The van der Waals surface area contributed by atoms with E-state index in [4.69, 9.17) is 4.74 Å². The van der Waals surface area contributed by atoms with Gasteiger partial charge in [0.05, 0.1) is 13.0 Å². The maximum absolute atomic E-state index is 11.9. The summed E-state index contributed by atoms with van der Waals surface area (Å²) in [6.45, 7) is 7.00. The van der Waals surface area contributed by atoms with Crippen molar-refractivity contribution in [3.05, 3.63) is 0 Å². The number of rotatable bonds is 5. The van der Waals surface area contributed by atoms with Crippen molar-refractivity contribution >= 4 is 5.97 Å². The molecule has 0 aliphatic heterocycles. The van der Waals surface area contributed by atoms with E-state index in [2.05, 4.69) is 32.8 Å². The van der Waals surface area contributed by atoms with Gasteiger partial charge < -0.3 is 9.64 Å². The first-order valence-electron chi connectivity index (χ1n) is 7.74. The maximum Gasteiger partial charge on any atom is 0.307 e. The van der Waals surface area contributed by atoms with E-state index in [-0.39, 0.29) is 11.5 Å². The molecule has 0 radical (unpaired) electrons. The highest BCUT2D eigenvalue weighted by atomic mass is 16.5. The summed E-state index contributed by atoms with van der Waals surface area (Å²) in [5.74, 6) is 1.52. The molecule has 0 aromatic heterocycles. The second-order valence-corrected chi connectivity index (χ2v) is 6.54. The summed E-state index contributed by atoms with van der Waals surface area (Å²) in [6.07, 6.45) is 6.52. The van der Waals surface area contributed by atoms with Crippen LogP contribution in [-0.2, 0) is 9.53 Å². The fraction of sp³-hybridized carbons (Fsp3) is 0.938. The van der Waals surface area contributed by atoms with Crippen molar-refractivity contribution in [3.63, 3.8) is 0 Å². The summed E-state index contributed by atoms with van der Waals surface area (Å²) in [6, 6.07) is 0. The Balaban J connectivity index is 2.74. The van der Waals surface area contributed by atoms with Gasteiger partial charge in [-0.3, -0.25) is 4.79 Å². The molecule has 19 heavy (non-hydrogen) atoms. The predicted octanol–water partition coefficient (Wildman–Crippen LogP) is 3.48. The average Bonchev–Trinajstić information content (AvgIpc) is 2.53. The molecule has 0 heterocycles. The number of esters is 1. The van der Waals surface area contributed by atoms with E-state index in [1.807, 2.05) is 6.92 Å². The van der Waals surface area contributed by atoms with Gasteiger partial charge in [-0.1, -0.05) is 26.7 Å². The molecule has 1 rings (SSSR count). The Morgan fingerprint density at radius 1 is 1.32 bits per heavy atom. The molecule has 0 bridgehead atoms. The van der Waals surface area contributed by atoms with Crippen molar-refractivity contribution in [1.82, 2.24) is 4.90 Å². The number of ether oxygens (including phenoxy) is 1. The predicted molar refractivity (Wildman–Crippen MR) is 79.1 cm³/mol. The van der Waals surface area contributed by atoms with Gasteiger partial charge in [0.15, 0.2) is 0 Å². The molecular formula is C16H31NO2. The molecule has 0 spiro atoms. The largest absolute Gasteiger partial charge is 0.466 e. The third-order valence-corrected chi connectivity index (χ3v) is 4.87. The van der Waals surface area contributed by atoms with Crippen molar-refractivity contribution in [1.29, 1.82) is 0 Å². The Morgan fingerprint density at radius 2 is 2.00 bits per heavy atom. The number of nitrogens with zero attached hydrogens (tertiary/aromatic N) is 1. The number of carbonyl (C=O) groups is 1. The fourth-order valence-corrected chi connectivity index (χ4v) is 3.35. The van der Waals surface area contributed by atoms with Gasteiger partial charge in [-0.15, -0.1) is 0 Å². The lowest BCUT2D eigenvalue weighted by Crippen LogP contribution is -2.46. The topological polar surface area (TPSA) is 29.5 Å². The van der Waals surface area contributed by atoms with Crippen molar-refractivity contribution in [2.75, 3.05) is 20.7 Å². The lowest BCUT2D eigenvalue weighted by atomic mass is 9.83. The number of hydrogen-bond donors (Lipinski definition) is 0. The first kappa shape index (κ1) is 16.5. The normalized spacial score (nSPS) is 28.5. The van der Waals surface area contributed by atoms with Crippen LogP contribution in [0.4, 0.5) is 0 Å². The summed E-state index contributed by atoms with van der Waals surface area (Å²) in [4.78, 5) is 14.2. The summed E-state index contributed by atoms with van der Waals surface area (Å²) in [7, 11) is 4.21. The zero-order chi connectivity index (χ0) is 14.5. The summed E-state index contributed by atoms with van der Waals surface area (Å²) in [5, 5.41) is 0. The molecule has 0 saturated heterocycles. The lowest BCUT2D eigenvalue weighted by Gasteiger charge is -2.39. The summed E-state index contributed by atoms with van der Waals surface area (Å²) < 4.78 is 5.17. The highest BCUT2D eigenvalue weighted by Crippen LogP contribution is 2.38. The van der Waals surface area contributed by atoms with E-state index in [1.165, 1.54) is 19.3 Å². The molecule has 0 N–H and O–H groups in total. The van der Waals surface area contributed by atoms with Crippen molar-refractivity contribution in [3.8, 4) is 0 Å². The third kappa shape index (κ3) is 4.48. The van der Waals surface area contributed by atoms with E-state index in [9.17, 15) is 4.79 Å². The Hall–Kier alpha value is -0.570. The van der Waals surface area contributed by atoms with E-state index < -0.39 is 0 Å². The molecule has 112 valence electrons. The van der Waals surface area contributed by atoms with Crippen LogP contribution in [0.2, 0.25) is 0 Å². The summed E-state index contributed by atoms with van der Waals surface area (Å²) in [5.41, 5.74) is 0.00981. The van der Waals surface area contributed by atoms with Crippen LogP contribution in [0.15, 0.2) is 0 Å². The third-order valence-electron chi connectivity index (χ3n) is 4.87. The van der Waals surface area contributed by atoms with Gasteiger partial charge in [-0.2, -0.15) is 0 Å². The Labute approximate surface area is 118 Å². The zero-order valence-corrected chi connectivity index (χ0v) is 13.4. The SMILES string of the molecule is CCOC(=O)CC1(N(C)C)CCCC(C(C)C)CC1. The first-order chi connectivity index (χ1) is 8.91. The zero-order valence-electron chi connectivity index (χ0n) is 13.4. The molecular weight excluding hydrogens is 238 g/mol. The van der Waals surface area contributed by atoms with Gasteiger partial charge in [0.2, 0.25) is 0 Å². The monoisotopic (exact) mass is 269 g/mol. The van der Waals surface area contributed by atoms with Crippen LogP contribution in [0.25, 0.3) is 0 Å². The van der Waals surface area contributed by atoms with Gasteiger partial charge in [-0.05, 0) is 52.1 Å². The minimum Gasteiger partial charge on any atom is -0.466 e. The maximum atomic E-state index is 11.9. The van der Waals surface area contributed by atoms with E-state index in [1.54, 1.807) is 0 Å².